The third-order valence-corrected chi connectivity index (χ3v) is 10.1. The predicted molar refractivity (Wildman–Crippen MR) is 129 cm³/mol. The largest absolute Gasteiger partial charge is 0.378 e. The molecule has 0 radical (unpaired) electrons. The summed E-state index contributed by atoms with van der Waals surface area (Å²) in [7, 11) is 4.22. The van der Waals surface area contributed by atoms with Crippen LogP contribution >= 0.6 is 0 Å². The van der Waals surface area contributed by atoms with Crippen molar-refractivity contribution in [1.82, 2.24) is 0 Å². The number of hydrogen-bond acceptors (Lipinski definition) is 2. The fourth-order valence-electron chi connectivity index (χ4n) is 7.97. The van der Waals surface area contributed by atoms with Crippen LogP contribution in [0.25, 0.3) is 0 Å². The SMILES string of the molecule is CN(C)c1ccc([C@H]2C[C@@]3(C)[C@@H](CCC3(C)C)C3(C)CCC4=CC(=O)CCC4=C23)cc1. The molecule has 4 atom stereocenters. The van der Waals surface area contributed by atoms with Crippen molar-refractivity contribution in [2.75, 3.05) is 19.0 Å². The zero-order valence-corrected chi connectivity index (χ0v) is 20.3. The van der Waals surface area contributed by atoms with E-state index in [1.165, 1.54) is 42.5 Å². The highest BCUT2D eigenvalue weighted by Crippen LogP contribution is 2.73. The second kappa shape index (κ2) is 6.83. The highest BCUT2D eigenvalue weighted by atomic mass is 16.1. The van der Waals surface area contributed by atoms with Gasteiger partial charge in [-0.15, -0.1) is 0 Å². The van der Waals surface area contributed by atoms with E-state index in [1.54, 1.807) is 11.1 Å². The molecule has 1 unspecified atom stereocenters. The van der Waals surface area contributed by atoms with Crippen LogP contribution in [-0.4, -0.2) is 19.9 Å². The molecule has 0 aromatic heterocycles. The van der Waals surface area contributed by atoms with E-state index in [9.17, 15) is 4.79 Å². The molecule has 0 heterocycles. The maximum atomic E-state index is 12.2. The van der Waals surface area contributed by atoms with E-state index >= 15 is 0 Å². The average molecular weight is 418 g/mol. The average Bonchev–Trinajstić information content (AvgIpc) is 2.97. The second-order valence-corrected chi connectivity index (χ2v) is 12.1. The molecular formula is C29H39NO. The molecule has 0 saturated heterocycles. The van der Waals surface area contributed by atoms with Crippen molar-refractivity contribution >= 4 is 11.5 Å². The van der Waals surface area contributed by atoms with Gasteiger partial charge in [-0.05, 0) is 95.6 Å². The molecular weight excluding hydrogens is 378 g/mol. The van der Waals surface area contributed by atoms with E-state index in [4.69, 9.17) is 0 Å². The Morgan fingerprint density at radius 1 is 0.935 bits per heavy atom. The summed E-state index contributed by atoms with van der Waals surface area (Å²) in [5.74, 6) is 1.54. The van der Waals surface area contributed by atoms with Crippen molar-refractivity contribution < 1.29 is 4.79 Å². The highest BCUT2D eigenvalue weighted by Gasteiger charge is 2.63. The van der Waals surface area contributed by atoms with Crippen molar-refractivity contribution in [2.24, 2.45) is 22.2 Å². The smallest absolute Gasteiger partial charge is 0.156 e. The molecule has 0 spiro atoms. The van der Waals surface area contributed by atoms with Crippen LogP contribution in [0.15, 0.2) is 47.1 Å². The Morgan fingerprint density at radius 2 is 1.65 bits per heavy atom. The minimum Gasteiger partial charge on any atom is -0.378 e. The molecule has 4 aliphatic carbocycles. The topological polar surface area (TPSA) is 20.3 Å². The van der Waals surface area contributed by atoms with Gasteiger partial charge in [-0.25, -0.2) is 0 Å². The molecule has 2 heteroatoms. The van der Waals surface area contributed by atoms with Crippen LogP contribution in [0.2, 0.25) is 0 Å². The van der Waals surface area contributed by atoms with Gasteiger partial charge >= 0.3 is 0 Å². The summed E-state index contributed by atoms with van der Waals surface area (Å²) in [5, 5.41) is 0. The molecule has 31 heavy (non-hydrogen) atoms. The molecule has 0 bridgehead atoms. The van der Waals surface area contributed by atoms with Gasteiger partial charge in [0.2, 0.25) is 0 Å². The Balaban J connectivity index is 1.71. The fourth-order valence-corrected chi connectivity index (χ4v) is 7.97. The Labute approximate surface area is 188 Å². The molecule has 5 rings (SSSR count). The van der Waals surface area contributed by atoms with Crippen LogP contribution in [0.5, 0.6) is 0 Å². The molecule has 166 valence electrons. The summed E-state index contributed by atoms with van der Waals surface area (Å²) >= 11 is 0. The molecule has 2 saturated carbocycles. The minimum atomic E-state index is 0.249. The van der Waals surface area contributed by atoms with E-state index in [-0.39, 0.29) is 5.41 Å². The summed E-state index contributed by atoms with van der Waals surface area (Å²) in [5.41, 5.74) is 8.33. The van der Waals surface area contributed by atoms with E-state index < -0.39 is 0 Å². The van der Waals surface area contributed by atoms with E-state index in [0.717, 1.165) is 18.8 Å². The Hall–Kier alpha value is -1.83. The van der Waals surface area contributed by atoms with Gasteiger partial charge in [-0.2, -0.15) is 0 Å². The van der Waals surface area contributed by atoms with Crippen LogP contribution < -0.4 is 4.90 Å². The minimum absolute atomic E-state index is 0.249. The maximum Gasteiger partial charge on any atom is 0.156 e. The zero-order chi connectivity index (χ0) is 22.2. The maximum absolute atomic E-state index is 12.2. The van der Waals surface area contributed by atoms with Crippen molar-refractivity contribution in [2.45, 2.75) is 78.6 Å². The molecule has 0 N–H and O–H groups in total. The van der Waals surface area contributed by atoms with Gasteiger partial charge in [0.15, 0.2) is 5.78 Å². The lowest BCUT2D eigenvalue weighted by Crippen LogP contribution is -2.51. The Morgan fingerprint density at radius 3 is 2.32 bits per heavy atom. The number of carbonyl (C=O) groups excluding carboxylic acids is 1. The van der Waals surface area contributed by atoms with Gasteiger partial charge < -0.3 is 4.90 Å². The quantitative estimate of drug-likeness (QED) is 0.513. The Kier molecular flexibility index (Phi) is 4.64. The number of nitrogens with zero attached hydrogens (tertiary/aromatic N) is 1. The predicted octanol–water partition coefficient (Wildman–Crippen LogP) is 7.07. The van der Waals surface area contributed by atoms with Crippen LogP contribution in [0, 0.1) is 22.2 Å². The first-order chi connectivity index (χ1) is 14.6. The Bertz CT molecular complexity index is 978. The summed E-state index contributed by atoms with van der Waals surface area (Å²) in [4.78, 5) is 14.4. The van der Waals surface area contributed by atoms with Crippen LogP contribution in [0.3, 0.4) is 0 Å². The summed E-state index contributed by atoms with van der Waals surface area (Å²) in [6.07, 6.45) is 9.84. The summed E-state index contributed by atoms with van der Waals surface area (Å²) in [6.45, 7) is 10.2. The lowest BCUT2D eigenvalue weighted by atomic mass is 9.44. The number of carbonyl (C=O) groups is 1. The fraction of sp³-hybridized carbons (Fsp3) is 0.621. The number of anilines is 1. The molecule has 4 aliphatic rings. The standard InChI is InChI=1S/C29H39NO/c1-27(2)15-14-25-28(3)16-13-20-17-22(31)11-12-23(20)26(28)24(18-29(25,27)4)19-7-9-21(10-8-19)30(5)6/h7-10,17,24-25H,11-16,18H2,1-6H3/t24-,25+,28?,29+/m1/s1. The monoisotopic (exact) mass is 417 g/mol. The first-order valence-electron chi connectivity index (χ1n) is 12.3. The second-order valence-electron chi connectivity index (χ2n) is 12.1. The van der Waals surface area contributed by atoms with E-state index in [0.29, 0.717) is 29.0 Å². The first kappa shape index (κ1) is 21.0. The van der Waals surface area contributed by atoms with Crippen molar-refractivity contribution in [3.8, 4) is 0 Å². The molecule has 0 aliphatic heterocycles. The summed E-state index contributed by atoms with van der Waals surface area (Å²) in [6, 6.07) is 9.34. The van der Waals surface area contributed by atoms with Crippen molar-refractivity contribution in [1.29, 1.82) is 0 Å². The van der Waals surface area contributed by atoms with Gasteiger partial charge in [-0.3, -0.25) is 4.79 Å². The lowest BCUT2D eigenvalue weighted by molar-refractivity contribution is -0.114. The number of allylic oxidation sites excluding steroid dienone is 4. The first-order valence-corrected chi connectivity index (χ1v) is 12.3. The third kappa shape index (κ3) is 2.93. The number of rotatable bonds is 2. The van der Waals surface area contributed by atoms with Gasteiger partial charge in [0.25, 0.3) is 0 Å². The van der Waals surface area contributed by atoms with Gasteiger partial charge in [0, 0.05) is 32.1 Å². The van der Waals surface area contributed by atoms with E-state index in [1.807, 2.05) is 6.08 Å². The molecule has 2 fully saturated rings. The normalized spacial score (nSPS) is 36.5. The molecule has 2 nitrogen and oxygen atoms in total. The van der Waals surface area contributed by atoms with Crippen molar-refractivity contribution in [3.05, 3.63) is 52.6 Å². The molecule has 0 amide bonds. The molecule has 1 aromatic rings. The van der Waals surface area contributed by atoms with E-state index in [2.05, 4.69) is 71.0 Å². The lowest BCUT2D eigenvalue weighted by Gasteiger charge is -2.60. The van der Waals surface area contributed by atoms with Crippen molar-refractivity contribution in [3.63, 3.8) is 0 Å². The van der Waals surface area contributed by atoms with Gasteiger partial charge in [0.1, 0.15) is 0 Å². The number of benzene rings is 1. The number of hydrogen-bond donors (Lipinski definition) is 0. The molecule has 1 aromatic carbocycles. The van der Waals surface area contributed by atoms with Crippen LogP contribution in [-0.2, 0) is 4.79 Å². The zero-order valence-electron chi connectivity index (χ0n) is 20.3. The third-order valence-electron chi connectivity index (χ3n) is 10.1. The number of ketones is 1. The number of fused-ring (bicyclic) bond motifs is 4. The van der Waals surface area contributed by atoms with Crippen LogP contribution in [0.1, 0.15) is 84.1 Å². The van der Waals surface area contributed by atoms with Gasteiger partial charge in [-0.1, -0.05) is 45.4 Å². The van der Waals surface area contributed by atoms with Crippen LogP contribution in [0.4, 0.5) is 5.69 Å². The van der Waals surface area contributed by atoms with Gasteiger partial charge in [0.05, 0.1) is 0 Å². The summed E-state index contributed by atoms with van der Waals surface area (Å²) < 4.78 is 0. The highest BCUT2D eigenvalue weighted by molar-refractivity contribution is 5.93.